The van der Waals surface area contributed by atoms with Crippen molar-refractivity contribution < 1.29 is 14.4 Å². The van der Waals surface area contributed by atoms with E-state index in [1.807, 2.05) is 19.9 Å². The number of amides is 3. The van der Waals surface area contributed by atoms with Crippen LogP contribution in [-0.2, 0) is 10.2 Å². The van der Waals surface area contributed by atoms with Crippen molar-refractivity contribution in [2.45, 2.75) is 25.7 Å². The maximum absolute atomic E-state index is 12.6. The van der Waals surface area contributed by atoms with Gasteiger partial charge < -0.3 is 5.32 Å². The van der Waals surface area contributed by atoms with Crippen molar-refractivity contribution in [3.05, 3.63) is 59.2 Å². The van der Waals surface area contributed by atoms with Crippen LogP contribution < -0.4 is 10.2 Å². The molecule has 0 radical (unpaired) electrons. The van der Waals surface area contributed by atoms with Crippen LogP contribution in [0.25, 0.3) is 0 Å². The number of nitrogens with one attached hydrogen (secondary N) is 1. The van der Waals surface area contributed by atoms with Gasteiger partial charge in [-0.3, -0.25) is 14.4 Å². The standard InChI is InChI=1S/C19H16N2O3/c1-19(2)10-16(22)20-15-8-7-11(9-14(15)19)21-17(23)12-5-3-4-6-13(12)18(21)24/h3-9H,10H2,1-2H3,(H,20,22). The van der Waals surface area contributed by atoms with Crippen molar-refractivity contribution in [2.24, 2.45) is 0 Å². The van der Waals surface area contributed by atoms with E-state index in [9.17, 15) is 14.4 Å². The van der Waals surface area contributed by atoms with E-state index in [1.54, 1.807) is 36.4 Å². The molecule has 0 fully saturated rings. The van der Waals surface area contributed by atoms with Crippen molar-refractivity contribution in [3.63, 3.8) is 0 Å². The third kappa shape index (κ3) is 1.98. The van der Waals surface area contributed by atoms with E-state index >= 15 is 0 Å². The summed E-state index contributed by atoms with van der Waals surface area (Å²) < 4.78 is 0. The summed E-state index contributed by atoms with van der Waals surface area (Å²) in [5, 5.41) is 2.85. The van der Waals surface area contributed by atoms with E-state index in [1.165, 1.54) is 4.90 Å². The summed E-state index contributed by atoms with van der Waals surface area (Å²) >= 11 is 0. The second-order valence-electron chi connectivity index (χ2n) is 6.83. The molecule has 5 heteroatoms. The highest BCUT2D eigenvalue weighted by Gasteiger charge is 2.38. The number of carbonyl (C=O) groups excluding carboxylic acids is 3. The summed E-state index contributed by atoms with van der Waals surface area (Å²) in [7, 11) is 0. The molecule has 0 saturated heterocycles. The molecule has 0 spiro atoms. The molecule has 0 bridgehead atoms. The number of rotatable bonds is 1. The van der Waals surface area contributed by atoms with E-state index < -0.39 is 0 Å². The molecule has 3 amide bonds. The van der Waals surface area contributed by atoms with Crippen molar-refractivity contribution in [3.8, 4) is 0 Å². The minimum absolute atomic E-state index is 0.0269. The van der Waals surface area contributed by atoms with Crippen molar-refractivity contribution in [1.82, 2.24) is 0 Å². The largest absolute Gasteiger partial charge is 0.326 e. The van der Waals surface area contributed by atoms with Crippen LogP contribution in [0.1, 0.15) is 46.5 Å². The topological polar surface area (TPSA) is 66.5 Å². The SMILES string of the molecule is CC1(C)CC(=O)Nc2ccc(N3C(=O)c4ccccc4C3=O)cc21. The van der Waals surface area contributed by atoms with E-state index in [0.717, 1.165) is 11.3 Å². The average molecular weight is 320 g/mol. The summed E-state index contributed by atoms with van der Waals surface area (Å²) in [5.41, 5.74) is 2.68. The lowest BCUT2D eigenvalue weighted by atomic mass is 9.78. The first-order valence-electron chi connectivity index (χ1n) is 7.81. The van der Waals surface area contributed by atoms with Gasteiger partial charge in [0.25, 0.3) is 11.8 Å². The normalized spacial score (nSPS) is 18.2. The van der Waals surface area contributed by atoms with E-state index in [4.69, 9.17) is 0 Å². The number of anilines is 2. The highest BCUT2D eigenvalue weighted by Crippen LogP contribution is 2.40. The number of nitrogens with zero attached hydrogens (tertiary/aromatic N) is 1. The minimum atomic E-state index is -0.355. The second-order valence-corrected chi connectivity index (χ2v) is 6.83. The predicted octanol–water partition coefficient (Wildman–Crippen LogP) is 3.11. The Kier molecular flexibility index (Phi) is 2.91. The number of benzene rings is 2. The Balaban J connectivity index is 1.81. The molecule has 4 rings (SSSR count). The first-order chi connectivity index (χ1) is 11.4. The Morgan fingerprint density at radius 3 is 2.21 bits per heavy atom. The monoisotopic (exact) mass is 320 g/mol. The van der Waals surface area contributed by atoms with Crippen LogP contribution in [0, 0.1) is 0 Å². The number of imide groups is 1. The molecule has 24 heavy (non-hydrogen) atoms. The van der Waals surface area contributed by atoms with Crippen LogP contribution in [-0.4, -0.2) is 17.7 Å². The Morgan fingerprint density at radius 1 is 0.958 bits per heavy atom. The third-order valence-corrected chi connectivity index (χ3v) is 4.66. The van der Waals surface area contributed by atoms with Gasteiger partial charge in [-0.05, 0) is 35.9 Å². The van der Waals surface area contributed by atoms with Gasteiger partial charge in [0.15, 0.2) is 0 Å². The summed E-state index contributed by atoms with van der Waals surface area (Å²) in [6.07, 6.45) is 0.367. The summed E-state index contributed by atoms with van der Waals surface area (Å²) in [6, 6.07) is 12.1. The summed E-state index contributed by atoms with van der Waals surface area (Å²) in [4.78, 5) is 38.3. The molecule has 5 nitrogen and oxygen atoms in total. The molecule has 1 N–H and O–H groups in total. The van der Waals surface area contributed by atoms with Crippen molar-refractivity contribution in [2.75, 3.05) is 10.2 Å². The number of hydrogen-bond donors (Lipinski definition) is 1. The molecule has 2 aliphatic rings. The molecule has 2 aromatic carbocycles. The van der Waals surface area contributed by atoms with Crippen molar-refractivity contribution in [1.29, 1.82) is 0 Å². The van der Waals surface area contributed by atoms with Gasteiger partial charge in [-0.25, -0.2) is 4.90 Å². The van der Waals surface area contributed by atoms with Crippen LogP contribution >= 0.6 is 0 Å². The maximum Gasteiger partial charge on any atom is 0.266 e. The van der Waals surface area contributed by atoms with Crippen molar-refractivity contribution >= 4 is 29.1 Å². The van der Waals surface area contributed by atoms with E-state index in [-0.39, 0.29) is 23.1 Å². The molecule has 2 aromatic rings. The highest BCUT2D eigenvalue weighted by molar-refractivity contribution is 6.34. The molecule has 0 unspecified atom stereocenters. The molecule has 2 heterocycles. The van der Waals surface area contributed by atoms with Crippen LogP contribution in [0.2, 0.25) is 0 Å². The molecule has 2 aliphatic heterocycles. The predicted molar refractivity (Wildman–Crippen MR) is 90.3 cm³/mol. The Hall–Kier alpha value is -2.95. The summed E-state index contributed by atoms with van der Waals surface area (Å²) in [6.45, 7) is 3.97. The zero-order valence-electron chi connectivity index (χ0n) is 13.4. The first-order valence-corrected chi connectivity index (χ1v) is 7.81. The van der Waals surface area contributed by atoms with Crippen LogP contribution in [0.15, 0.2) is 42.5 Å². The van der Waals surface area contributed by atoms with Gasteiger partial charge in [-0.1, -0.05) is 26.0 Å². The van der Waals surface area contributed by atoms with Gasteiger partial charge in [0, 0.05) is 17.5 Å². The van der Waals surface area contributed by atoms with Gasteiger partial charge in [0.05, 0.1) is 16.8 Å². The fourth-order valence-corrected chi connectivity index (χ4v) is 3.46. The Labute approximate surface area is 139 Å². The quantitative estimate of drug-likeness (QED) is 0.821. The van der Waals surface area contributed by atoms with Crippen LogP contribution in [0.3, 0.4) is 0 Å². The van der Waals surface area contributed by atoms with E-state index in [2.05, 4.69) is 5.32 Å². The van der Waals surface area contributed by atoms with Gasteiger partial charge in [0.1, 0.15) is 0 Å². The lowest BCUT2D eigenvalue weighted by molar-refractivity contribution is -0.117. The molecule has 0 atom stereocenters. The number of hydrogen-bond acceptors (Lipinski definition) is 3. The second kappa shape index (κ2) is 4.77. The molecule has 0 aliphatic carbocycles. The van der Waals surface area contributed by atoms with Crippen LogP contribution in [0.4, 0.5) is 11.4 Å². The molecular formula is C19H16N2O3. The zero-order valence-corrected chi connectivity index (χ0v) is 13.4. The van der Waals surface area contributed by atoms with Gasteiger partial charge in [-0.15, -0.1) is 0 Å². The van der Waals surface area contributed by atoms with Gasteiger partial charge in [-0.2, -0.15) is 0 Å². The molecule has 0 aromatic heterocycles. The Bertz CT molecular complexity index is 880. The lowest BCUT2D eigenvalue weighted by Gasteiger charge is -2.33. The Morgan fingerprint density at radius 2 is 1.58 bits per heavy atom. The maximum atomic E-state index is 12.6. The molecular weight excluding hydrogens is 304 g/mol. The summed E-state index contributed by atoms with van der Waals surface area (Å²) in [5.74, 6) is -0.651. The van der Waals surface area contributed by atoms with Crippen LogP contribution in [0.5, 0.6) is 0 Å². The third-order valence-electron chi connectivity index (χ3n) is 4.66. The smallest absolute Gasteiger partial charge is 0.266 e. The molecule has 0 saturated carbocycles. The highest BCUT2D eigenvalue weighted by atomic mass is 16.2. The fourth-order valence-electron chi connectivity index (χ4n) is 3.46. The first kappa shape index (κ1) is 14.6. The van der Waals surface area contributed by atoms with E-state index in [0.29, 0.717) is 23.2 Å². The van der Waals surface area contributed by atoms with Gasteiger partial charge in [0.2, 0.25) is 5.91 Å². The lowest BCUT2D eigenvalue weighted by Crippen LogP contribution is -2.34. The zero-order chi connectivity index (χ0) is 17.1. The number of carbonyl (C=O) groups is 3. The average Bonchev–Trinajstić information content (AvgIpc) is 2.78. The minimum Gasteiger partial charge on any atom is -0.326 e. The molecule has 120 valence electrons. The van der Waals surface area contributed by atoms with Gasteiger partial charge >= 0.3 is 0 Å². The number of fused-ring (bicyclic) bond motifs is 2. The fraction of sp³-hybridized carbons (Fsp3) is 0.211.